The van der Waals surface area contributed by atoms with Crippen LogP contribution >= 0.6 is 0 Å². The van der Waals surface area contributed by atoms with Gasteiger partial charge in [-0.05, 0) is 87.3 Å². The van der Waals surface area contributed by atoms with Crippen LogP contribution in [0.3, 0.4) is 0 Å². The molecule has 5 aliphatic rings. The topological polar surface area (TPSA) is 87.7 Å². The van der Waals surface area contributed by atoms with Crippen LogP contribution in [-0.4, -0.2) is 36.5 Å². The van der Waals surface area contributed by atoms with Crippen LogP contribution in [0, 0.1) is 23.2 Å². The lowest BCUT2D eigenvalue weighted by molar-refractivity contribution is -0.140. The monoisotopic (exact) mass is 465 g/mol. The Bertz CT molecular complexity index is 1010. The number of urea groups is 1. The van der Waals surface area contributed by atoms with Crippen molar-refractivity contribution in [2.75, 3.05) is 19.0 Å². The highest BCUT2D eigenvalue weighted by molar-refractivity contribution is 5.97. The molecule has 34 heavy (non-hydrogen) atoms. The van der Waals surface area contributed by atoms with Gasteiger partial charge in [0.1, 0.15) is 0 Å². The van der Waals surface area contributed by atoms with Crippen molar-refractivity contribution < 1.29 is 19.1 Å². The second-order valence-corrected chi connectivity index (χ2v) is 10.8. The SMILES string of the molecule is CCCN1C(=O)NC(c2cccc(NC(=O)C34CC5CC(CC(C5)C3)C4)c2)C(C(=O)OC)=C1C. The summed E-state index contributed by atoms with van der Waals surface area (Å²) in [7, 11) is 1.35. The quantitative estimate of drug-likeness (QED) is 0.593. The van der Waals surface area contributed by atoms with E-state index in [9.17, 15) is 14.4 Å². The van der Waals surface area contributed by atoms with Crippen LogP contribution in [-0.2, 0) is 14.3 Å². The Morgan fingerprint density at radius 3 is 2.38 bits per heavy atom. The number of nitrogens with zero attached hydrogens (tertiary/aromatic N) is 1. The first-order chi connectivity index (χ1) is 16.3. The van der Waals surface area contributed by atoms with E-state index >= 15 is 0 Å². The van der Waals surface area contributed by atoms with Crippen LogP contribution in [0.15, 0.2) is 35.5 Å². The van der Waals surface area contributed by atoms with E-state index in [1.54, 1.807) is 11.8 Å². The van der Waals surface area contributed by atoms with Gasteiger partial charge in [-0.3, -0.25) is 9.69 Å². The lowest BCUT2D eigenvalue weighted by Gasteiger charge is -2.55. The number of carbonyl (C=O) groups is 3. The average Bonchev–Trinajstić information content (AvgIpc) is 2.80. The molecule has 7 heteroatoms. The van der Waals surface area contributed by atoms with Crippen LogP contribution in [0.25, 0.3) is 0 Å². The third kappa shape index (κ3) is 3.89. The van der Waals surface area contributed by atoms with Crippen molar-refractivity contribution in [3.05, 3.63) is 41.1 Å². The Morgan fingerprint density at radius 1 is 1.15 bits per heavy atom. The van der Waals surface area contributed by atoms with Crippen molar-refractivity contribution in [2.45, 2.75) is 64.8 Å². The lowest BCUT2D eigenvalue weighted by atomic mass is 9.49. The zero-order chi connectivity index (χ0) is 24.0. The maximum Gasteiger partial charge on any atom is 0.337 e. The number of hydrogen-bond acceptors (Lipinski definition) is 4. The largest absolute Gasteiger partial charge is 0.466 e. The highest BCUT2D eigenvalue weighted by Gasteiger charge is 2.54. The molecule has 0 saturated heterocycles. The standard InChI is InChI=1S/C27H35N3O4/c1-4-8-30-16(2)22(24(31)34-3)23(29-26(30)33)20-6-5-7-21(12-20)28-25(32)27-13-17-9-18(14-27)11-19(10-17)15-27/h5-7,12,17-19,23H,4,8-11,13-15H2,1-3H3,(H,28,32)(H,29,33). The molecule has 1 heterocycles. The molecule has 4 fully saturated rings. The second-order valence-electron chi connectivity index (χ2n) is 10.8. The fraction of sp³-hybridized carbons (Fsp3) is 0.593. The van der Waals surface area contributed by atoms with Crippen molar-refractivity contribution in [3.8, 4) is 0 Å². The molecule has 0 radical (unpaired) electrons. The normalized spacial score (nSPS) is 32.0. The van der Waals surface area contributed by atoms with Crippen LogP contribution in [0.5, 0.6) is 0 Å². The summed E-state index contributed by atoms with van der Waals surface area (Å²) in [4.78, 5) is 40.6. The van der Waals surface area contributed by atoms with Crippen LogP contribution in [0.2, 0.25) is 0 Å². The highest BCUT2D eigenvalue weighted by Crippen LogP contribution is 2.60. The third-order valence-electron chi connectivity index (χ3n) is 8.45. The Hall–Kier alpha value is -2.83. The van der Waals surface area contributed by atoms with Gasteiger partial charge in [0, 0.05) is 17.9 Å². The van der Waals surface area contributed by atoms with Gasteiger partial charge in [-0.2, -0.15) is 0 Å². The molecule has 1 unspecified atom stereocenters. The number of esters is 1. The van der Waals surface area contributed by atoms with Gasteiger partial charge in [-0.1, -0.05) is 19.1 Å². The predicted molar refractivity (Wildman–Crippen MR) is 129 cm³/mol. The number of amides is 3. The van der Waals surface area contributed by atoms with Gasteiger partial charge >= 0.3 is 12.0 Å². The molecule has 182 valence electrons. The minimum atomic E-state index is -0.635. The van der Waals surface area contributed by atoms with E-state index in [1.165, 1.54) is 26.4 Å². The lowest BCUT2D eigenvalue weighted by Crippen LogP contribution is -2.51. The molecule has 1 aromatic rings. The highest BCUT2D eigenvalue weighted by atomic mass is 16.5. The van der Waals surface area contributed by atoms with E-state index in [0.29, 0.717) is 41.3 Å². The summed E-state index contributed by atoms with van der Waals surface area (Å²) < 4.78 is 5.06. The molecule has 1 aliphatic heterocycles. The zero-order valence-corrected chi connectivity index (χ0v) is 20.4. The van der Waals surface area contributed by atoms with Crippen molar-refractivity contribution in [2.24, 2.45) is 23.2 Å². The van der Waals surface area contributed by atoms with Gasteiger partial charge in [0.05, 0.1) is 24.1 Å². The molecule has 6 rings (SSSR count). The number of methoxy groups -OCH3 is 1. The van der Waals surface area contributed by atoms with Crippen LogP contribution in [0.4, 0.5) is 10.5 Å². The Balaban J connectivity index is 1.41. The average molecular weight is 466 g/mol. The fourth-order valence-electron chi connectivity index (χ4n) is 7.35. The van der Waals surface area contributed by atoms with Crippen LogP contribution in [0.1, 0.15) is 70.4 Å². The number of benzene rings is 1. The van der Waals surface area contributed by atoms with E-state index in [0.717, 1.165) is 31.2 Å². The molecule has 0 aromatic heterocycles. The number of rotatable bonds is 6. The number of allylic oxidation sites excluding steroid dienone is 1. The third-order valence-corrected chi connectivity index (χ3v) is 8.45. The van der Waals surface area contributed by atoms with Gasteiger partial charge < -0.3 is 15.4 Å². The summed E-state index contributed by atoms with van der Waals surface area (Å²) in [6.07, 6.45) is 7.66. The molecule has 2 N–H and O–H groups in total. The number of nitrogens with one attached hydrogen (secondary N) is 2. The van der Waals surface area contributed by atoms with E-state index in [1.807, 2.05) is 31.2 Å². The predicted octanol–water partition coefficient (Wildman–Crippen LogP) is 4.76. The molecular weight excluding hydrogens is 430 g/mol. The molecule has 7 nitrogen and oxygen atoms in total. The van der Waals surface area contributed by atoms with Gasteiger partial charge in [0.25, 0.3) is 0 Å². The maximum absolute atomic E-state index is 13.5. The Kier molecular flexibility index (Phi) is 5.90. The summed E-state index contributed by atoms with van der Waals surface area (Å²) in [5, 5.41) is 6.16. The summed E-state index contributed by atoms with van der Waals surface area (Å²) in [5.41, 5.74) is 2.22. The molecule has 4 saturated carbocycles. The van der Waals surface area contributed by atoms with Gasteiger partial charge in [0.15, 0.2) is 0 Å². The van der Waals surface area contributed by atoms with E-state index < -0.39 is 12.0 Å². The van der Waals surface area contributed by atoms with Crippen molar-refractivity contribution in [1.82, 2.24) is 10.2 Å². The summed E-state index contributed by atoms with van der Waals surface area (Å²) >= 11 is 0. The number of ether oxygens (including phenoxy) is 1. The first-order valence-corrected chi connectivity index (χ1v) is 12.6. The maximum atomic E-state index is 13.5. The van der Waals surface area contributed by atoms with Gasteiger partial charge in [0.2, 0.25) is 5.91 Å². The Morgan fingerprint density at radius 2 is 1.79 bits per heavy atom. The number of anilines is 1. The smallest absolute Gasteiger partial charge is 0.337 e. The first kappa shape index (κ1) is 22.9. The fourth-order valence-corrected chi connectivity index (χ4v) is 7.35. The summed E-state index contributed by atoms with van der Waals surface area (Å²) in [5.74, 6) is 1.75. The van der Waals surface area contributed by atoms with Crippen molar-refractivity contribution in [1.29, 1.82) is 0 Å². The van der Waals surface area contributed by atoms with Gasteiger partial charge in [-0.25, -0.2) is 9.59 Å². The van der Waals surface area contributed by atoms with E-state index in [4.69, 9.17) is 4.74 Å². The minimum absolute atomic E-state index is 0.130. The molecule has 3 amide bonds. The molecular formula is C27H35N3O4. The molecule has 4 bridgehead atoms. The Labute approximate surface area is 201 Å². The van der Waals surface area contributed by atoms with Gasteiger partial charge in [-0.15, -0.1) is 0 Å². The van der Waals surface area contributed by atoms with E-state index in [2.05, 4.69) is 10.6 Å². The van der Waals surface area contributed by atoms with E-state index in [-0.39, 0.29) is 17.4 Å². The summed E-state index contributed by atoms with van der Waals surface area (Å²) in [6.45, 7) is 4.29. The second kappa shape index (κ2) is 8.75. The number of carbonyl (C=O) groups excluding carboxylic acids is 3. The van der Waals surface area contributed by atoms with Crippen molar-refractivity contribution in [3.63, 3.8) is 0 Å². The molecule has 1 atom stereocenters. The van der Waals surface area contributed by atoms with Crippen LogP contribution < -0.4 is 10.6 Å². The number of hydrogen-bond donors (Lipinski definition) is 2. The molecule has 0 spiro atoms. The zero-order valence-electron chi connectivity index (χ0n) is 20.4. The summed E-state index contributed by atoms with van der Waals surface area (Å²) in [6, 6.07) is 6.61. The molecule has 1 aromatic carbocycles. The minimum Gasteiger partial charge on any atom is -0.466 e. The van der Waals surface area contributed by atoms with Crippen molar-refractivity contribution >= 4 is 23.6 Å². The first-order valence-electron chi connectivity index (χ1n) is 12.6. The molecule has 4 aliphatic carbocycles.